The summed E-state index contributed by atoms with van der Waals surface area (Å²) in [6.45, 7) is 2.21. The molecule has 3 aromatic carbocycles. The average molecular weight is 335 g/mol. The standard InChI is InChI=1S/C20H15Br/c1-13-11-18-17(9-10-20(21)19(18)12-13)16-8-4-6-14-5-2-3-7-15(14)16/h2-11H,12H2,1H3. The second-order valence-corrected chi connectivity index (χ2v) is 6.54. The van der Waals surface area contributed by atoms with Crippen molar-refractivity contribution in [3.05, 3.63) is 75.8 Å². The summed E-state index contributed by atoms with van der Waals surface area (Å²) in [6.07, 6.45) is 3.38. The van der Waals surface area contributed by atoms with Crippen molar-refractivity contribution in [1.82, 2.24) is 0 Å². The van der Waals surface area contributed by atoms with E-state index in [9.17, 15) is 0 Å². The molecule has 21 heavy (non-hydrogen) atoms. The van der Waals surface area contributed by atoms with Gasteiger partial charge in [0.1, 0.15) is 0 Å². The van der Waals surface area contributed by atoms with Crippen molar-refractivity contribution >= 4 is 32.8 Å². The van der Waals surface area contributed by atoms with Crippen LogP contribution >= 0.6 is 15.9 Å². The average Bonchev–Trinajstić information content (AvgIpc) is 2.90. The molecule has 1 heteroatoms. The molecule has 0 spiro atoms. The Morgan fingerprint density at radius 2 is 1.67 bits per heavy atom. The summed E-state index contributed by atoms with van der Waals surface area (Å²) >= 11 is 3.70. The van der Waals surface area contributed by atoms with E-state index in [-0.39, 0.29) is 0 Å². The van der Waals surface area contributed by atoms with E-state index in [0.29, 0.717) is 0 Å². The zero-order chi connectivity index (χ0) is 14.4. The minimum absolute atomic E-state index is 1.05. The van der Waals surface area contributed by atoms with E-state index in [0.717, 1.165) is 6.42 Å². The number of hydrogen-bond donors (Lipinski definition) is 0. The third-order valence-corrected chi connectivity index (χ3v) is 4.97. The van der Waals surface area contributed by atoms with Gasteiger partial charge in [0, 0.05) is 4.47 Å². The van der Waals surface area contributed by atoms with Gasteiger partial charge in [-0.15, -0.1) is 0 Å². The molecule has 0 heterocycles. The van der Waals surface area contributed by atoms with Gasteiger partial charge in [0.2, 0.25) is 0 Å². The Morgan fingerprint density at radius 1 is 0.857 bits per heavy atom. The Labute approximate surface area is 133 Å². The molecule has 0 radical (unpaired) electrons. The van der Waals surface area contributed by atoms with E-state index < -0.39 is 0 Å². The second-order valence-electron chi connectivity index (χ2n) is 5.68. The topological polar surface area (TPSA) is 0 Å². The molecule has 0 aliphatic heterocycles. The molecule has 0 N–H and O–H groups in total. The van der Waals surface area contributed by atoms with Gasteiger partial charge in [0.25, 0.3) is 0 Å². The van der Waals surface area contributed by atoms with E-state index in [4.69, 9.17) is 0 Å². The largest absolute Gasteiger partial charge is 0.0682 e. The van der Waals surface area contributed by atoms with Gasteiger partial charge in [-0.1, -0.05) is 76.1 Å². The molecular weight excluding hydrogens is 320 g/mol. The number of fused-ring (bicyclic) bond motifs is 2. The molecule has 4 rings (SSSR count). The molecule has 0 nitrogen and oxygen atoms in total. The van der Waals surface area contributed by atoms with Crippen LogP contribution in [0.1, 0.15) is 18.1 Å². The molecule has 1 aliphatic carbocycles. The smallest absolute Gasteiger partial charge is 0.0216 e. The lowest BCUT2D eigenvalue weighted by Gasteiger charge is -2.12. The molecule has 0 unspecified atom stereocenters. The first-order valence-corrected chi connectivity index (χ1v) is 8.00. The van der Waals surface area contributed by atoms with Crippen molar-refractivity contribution in [2.75, 3.05) is 0 Å². The molecule has 0 bridgehead atoms. The van der Waals surface area contributed by atoms with E-state index in [1.54, 1.807) is 0 Å². The summed E-state index contributed by atoms with van der Waals surface area (Å²) in [5, 5.41) is 2.62. The van der Waals surface area contributed by atoms with Crippen molar-refractivity contribution in [3.8, 4) is 11.1 Å². The van der Waals surface area contributed by atoms with Crippen LogP contribution in [-0.4, -0.2) is 0 Å². The molecule has 0 saturated heterocycles. The fraction of sp³-hybridized carbons (Fsp3) is 0.100. The van der Waals surface area contributed by atoms with Crippen molar-refractivity contribution in [3.63, 3.8) is 0 Å². The molecule has 0 atom stereocenters. The highest BCUT2D eigenvalue weighted by molar-refractivity contribution is 9.10. The van der Waals surface area contributed by atoms with Gasteiger partial charge in [-0.3, -0.25) is 0 Å². The zero-order valence-electron chi connectivity index (χ0n) is 11.9. The first kappa shape index (κ1) is 12.8. The van der Waals surface area contributed by atoms with Crippen LogP contribution in [-0.2, 0) is 6.42 Å². The fourth-order valence-corrected chi connectivity index (χ4v) is 3.74. The van der Waals surface area contributed by atoms with Crippen LogP contribution in [0.5, 0.6) is 0 Å². The number of allylic oxidation sites excluding steroid dienone is 1. The monoisotopic (exact) mass is 334 g/mol. The number of rotatable bonds is 1. The van der Waals surface area contributed by atoms with E-state index >= 15 is 0 Å². The third-order valence-electron chi connectivity index (χ3n) is 4.23. The quantitative estimate of drug-likeness (QED) is 0.494. The lowest BCUT2D eigenvalue weighted by atomic mass is 9.93. The molecule has 0 fully saturated rings. The molecule has 0 aromatic heterocycles. The van der Waals surface area contributed by atoms with Crippen LogP contribution in [0, 0.1) is 0 Å². The SMILES string of the molecule is CC1=Cc2c(-c3cccc4ccccc34)ccc(Br)c2C1. The lowest BCUT2D eigenvalue weighted by molar-refractivity contribution is 1.18. The maximum absolute atomic E-state index is 3.70. The fourth-order valence-electron chi connectivity index (χ4n) is 3.25. The first-order chi connectivity index (χ1) is 10.2. The Hall–Kier alpha value is -1.86. The van der Waals surface area contributed by atoms with E-state index in [1.165, 1.54) is 43.1 Å². The maximum atomic E-state index is 3.70. The Morgan fingerprint density at radius 3 is 2.57 bits per heavy atom. The van der Waals surface area contributed by atoms with Crippen LogP contribution in [0.25, 0.3) is 28.0 Å². The van der Waals surface area contributed by atoms with Gasteiger partial charge in [-0.2, -0.15) is 0 Å². The van der Waals surface area contributed by atoms with E-state index in [1.807, 2.05) is 0 Å². The van der Waals surface area contributed by atoms with Gasteiger partial charge in [-0.05, 0) is 52.4 Å². The van der Waals surface area contributed by atoms with E-state index in [2.05, 4.69) is 83.5 Å². The van der Waals surface area contributed by atoms with Crippen molar-refractivity contribution in [1.29, 1.82) is 0 Å². The predicted molar refractivity (Wildman–Crippen MR) is 94.4 cm³/mol. The number of hydrogen-bond acceptors (Lipinski definition) is 0. The molecule has 0 amide bonds. The van der Waals surface area contributed by atoms with Gasteiger partial charge < -0.3 is 0 Å². The van der Waals surface area contributed by atoms with Gasteiger partial charge in [0.05, 0.1) is 0 Å². The van der Waals surface area contributed by atoms with Crippen LogP contribution < -0.4 is 0 Å². The number of benzene rings is 3. The maximum Gasteiger partial charge on any atom is 0.0216 e. The summed E-state index contributed by atoms with van der Waals surface area (Å²) in [5.74, 6) is 0. The molecule has 1 aliphatic rings. The lowest BCUT2D eigenvalue weighted by Crippen LogP contribution is -1.90. The Bertz CT molecular complexity index is 882. The Kier molecular flexibility index (Phi) is 2.97. The highest BCUT2D eigenvalue weighted by atomic mass is 79.9. The molecule has 3 aromatic rings. The minimum Gasteiger partial charge on any atom is -0.0682 e. The zero-order valence-corrected chi connectivity index (χ0v) is 13.4. The summed E-state index contributed by atoms with van der Waals surface area (Å²) in [6, 6.07) is 19.6. The Balaban J connectivity index is 2.05. The highest BCUT2D eigenvalue weighted by Crippen LogP contribution is 2.40. The van der Waals surface area contributed by atoms with Crippen LogP contribution in [0.2, 0.25) is 0 Å². The van der Waals surface area contributed by atoms with Crippen molar-refractivity contribution < 1.29 is 0 Å². The first-order valence-electron chi connectivity index (χ1n) is 7.21. The van der Waals surface area contributed by atoms with Crippen LogP contribution in [0.4, 0.5) is 0 Å². The third kappa shape index (κ3) is 2.04. The molecular formula is C20H15Br. The molecule has 102 valence electrons. The minimum atomic E-state index is 1.05. The summed E-state index contributed by atoms with van der Waals surface area (Å²) in [7, 11) is 0. The van der Waals surface area contributed by atoms with Crippen LogP contribution in [0.3, 0.4) is 0 Å². The van der Waals surface area contributed by atoms with Crippen molar-refractivity contribution in [2.24, 2.45) is 0 Å². The number of halogens is 1. The summed E-state index contributed by atoms with van der Waals surface area (Å²) in [5.41, 5.74) is 6.87. The molecule has 0 saturated carbocycles. The normalized spacial score (nSPS) is 13.3. The second kappa shape index (κ2) is 4.85. The van der Waals surface area contributed by atoms with Gasteiger partial charge >= 0.3 is 0 Å². The van der Waals surface area contributed by atoms with Crippen molar-refractivity contribution in [2.45, 2.75) is 13.3 Å². The highest BCUT2D eigenvalue weighted by Gasteiger charge is 2.18. The predicted octanol–water partition coefficient (Wildman–Crippen LogP) is 6.23. The summed E-state index contributed by atoms with van der Waals surface area (Å²) in [4.78, 5) is 0. The van der Waals surface area contributed by atoms with Crippen LogP contribution in [0.15, 0.2) is 64.6 Å². The van der Waals surface area contributed by atoms with Gasteiger partial charge in [-0.25, -0.2) is 0 Å². The summed E-state index contributed by atoms with van der Waals surface area (Å²) < 4.78 is 1.22. The van der Waals surface area contributed by atoms with Gasteiger partial charge in [0.15, 0.2) is 0 Å².